The van der Waals surface area contributed by atoms with Crippen molar-refractivity contribution in [3.8, 4) is 11.5 Å². The average molecular weight is 435 g/mol. The molecule has 0 aliphatic carbocycles. The largest absolute Gasteiger partial charge is 0.508 e. The number of rotatable bonds is 11. The lowest BCUT2D eigenvalue weighted by Gasteiger charge is -2.31. The molecule has 0 unspecified atom stereocenters. The second kappa shape index (κ2) is 10.9. The lowest BCUT2D eigenvalue weighted by molar-refractivity contribution is -0.129. The maximum atomic E-state index is 11.9. The van der Waals surface area contributed by atoms with Crippen LogP contribution in [0.15, 0.2) is 12.1 Å². The van der Waals surface area contributed by atoms with Crippen LogP contribution < -0.4 is 4.74 Å². The van der Waals surface area contributed by atoms with Crippen molar-refractivity contribution in [3.05, 3.63) is 23.3 Å². The predicted octanol–water partition coefficient (Wildman–Crippen LogP) is 4.47. The van der Waals surface area contributed by atoms with E-state index in [0.717, 1.165) is 42.6 Å². The van der Waals surface area contributed by atoms with Crippen LogP contribution in [-0.4, -0.2) is 62.0 Å². The molecule has 0 aromatic heterocycles. The zero-order valence-corrected chi connectivity index (χ0v) is 21.0. The lowest BCUT2D eigenvalue weighted by Crippen LogP contribution is -2.24. The molecule has 0 heterocycles. The van der Waals surface area contributed by atoms with Crippen LogP contribution in [0.5, 0.6) is 11.5 Å². The van der Waals surface area contributed by atoms with E-state index in [-0.39, 0.29) is 28.4 Å². The molecule has 0 bridgehead atoms. The van der Waals surface area contributed by atoms with E-state index in [0.29, 0.717) is 12.8 Å². The number of amides is 2. The number of benzene rings is 1. The second-order valence-corrected chi connectivity index (χ2v) is 10.1. The summed E-state index contributed by atoms with van der Waals surface area (Å²) in [6, 6.07) is 3.75. The smallest absolute Gasteiger partial charge is 0.222 e. The third-order valence-corrected chi connectivity index (χ3v) is 6.16. The average Bonchev–Trinajstić information content (AvgIpc) is 2.66. The van der Waals surface area contributed by atoms with Gasteiger partial charge >= 0.3 is 0 Å². The summed E-state index contributed by atoms with van der Waals surface area (Å²) in [5.74, 6) is 1.23. The summed E-state index contributed by atoms with van der Waals surface area (Å²) >= 11 is 0. The zero-order chi connectivity index (χ0) is 24.0. The first-order valence-corrected chi connectivity index (χ1v) is 11.0. The van der Waals surface area contributed by atoms with Crippen molar-refractivity contribution in [3.63, 3.8) is 0 Å². The molecule has 1 aromatic carbocycles. The molecule has 0 spiro atoms. The fourth-order valence-corrected chi connectivity index (χ4v) is 3.89. The van der Waals surface area contributed by atoms with E-state index in [2.05, 4.69) is 27.7 Å². The monoisotopic (exact) mass is 434 g/mol. The Balaban J connectivity index is 3.03. The van der Waals surface area contributed by atoms with Gasteiger partial charge in [-0.3, -0.25) is 9.59 Å². The van der Waals surface area contributed by atoms with Gasteiger partial charge in [-0.05, 0) is 48.6 Å². The van der Waals surface area contributed by atoms with E-state index in [4.69, 9.17) is 4.74 Å². The van der Waals surface area contributed by atoms with E-state index >= 15 is 0 Å². The van der Waals surface area contributed by atoms with Gasteiger partial charge in [0.25, 0.3) is 0 Å². The molecule has 1 rings (SSSR count). The normalized spacial score (nSPS) is 11.9. The summed E-state index contributed by atoms with van der Waals surface area (Å²) in [7, 11) is 8.72. The second-order valence-electron chi connectivity index (χ2n) is 10.1. The molecule has 0 fully saturated rings. The summed E-state index contributed by atoms with van der Waals surface area (Å²) < 4.78 is 5.72. The Bertz CT molecular complexity index is 767. The first-order chi connectivity index (χ1) is 14.2. The molecular weight excluding hydrogens is 392 g/mol. The van der Waals surface area contributed by atoms with Crippen molar-refractivity contribution in [1.29, 1.82) is 0 Å². The number of nitrogens with zero attached hydrogens (tertiary/aromatic N) is 2. The van der Waals surface area contributed by atoms with Crippen molar-refractivity contribution in [2.75, 3.05) is 35.3 Å². The highest BCUT2D eigenvalue weighted by Crippen LogP contribution is 2.43. The van der Waals surface area contributed by atoms with Gasteiger partial charge < -0.3 is 19.6 Å². The summed E-state index contributed by atoms with van der Waals surface area (Å²) in [4.78, 5) is 27.0. The van der Waals surface area contributed by atoms with Crippen molar-refractivity contribution in [2.24, 2.45) is 0 Å². The molecule has 1 N–H and O–H groups in total. The van der Waals surface area contributed by atoms with Gasteiger partial charge in [-0.2, -0.15) is 0 Å². The van der Waals surface area contributed by atoms with Gasteiger partial charge in [0.1, 0.15) is 11.5 Å². The highest BCUT2D eigenvalue weighted by molar-refractivity contribution is 5.75. The molecule has 31 heavy (non-hydrogen) atoms. The number of hydrogen-bond acceptors (Lipinski definition) is 4. The van der Waals surface area contributed by atoms with Crippen molar-refractivity contribution >= 4 is 11.8 Å². The highest BCUT2D eigenvalue weighted by Gasteiger charge is 2.30. The first-order valence-electron chi connectivity index (χ1n) is 11.0. The number of phenolic OH excluding ortho intramolecular Hbond substituents is 1. The van der Waals surface area contributed by atoms with Crippen molar-refractivity contribution in [2.45, 2.75) is 77.0 Å². The minimum Gasteiger partial charge on any atom is -0.508 e. The zero-order valence-electron chi connectivity index (χ0n) is 21.0. The van der Waals surface area contributed by atoms with Crippen LogP contribution in [0.25, 0.3) is 0 Å². The number of aromatic hydroxyl groups is 1. The van der Waals surface area contributed by atoms with Crippen molar-refractivity contribution < 1.29 is 19.4 Å². The maximum absolute atomic E-state index is 11.9. The molecule has 0 atom stereocenters. The molecule has 6 heteroatoms. The Morgan fingerprint density at radius 1 is 0.839 bits per heavy atom. The number of phenols is 1. The molecule has 0 aliphatic heterocycles. The fourth-order valence-electron chi connectivity index (χ4n) is 3.89. The summed E-state index contributed by atoms with van der Waals surface area (Å²) in [6.07, 6.45) is 4.09. The molecule has 0 radical (unpaired) electrons. The van der Waals surface area contributed by atoms with Gasteiger partial charge in [0.15, 0.2) is 0 Å². The molecule has 0 saturated heterocycles. The van der Waals surface area contributed by atoms with Gasteiger partial charge in [0.05, 0.1) is 7.11 Å². The van der Waals surface area contributed by atoms with E-state index in [1.54, 1.807) is 45.1 Å². The van der Waals surface area contributed by atoms with E-state index in [9.17, 15) is 14.7 Å². The topological polar surface area (TPSA) is 70.1 Å². The third-order valence-electron chi connectivity index (χ3n) is 6.16. The fraction of sp³-hybridized carbons (Fsp3) is 0.680. The maximum Gasteiger partial charge on any atom is 0.222 e. The third kappa shape index (κ3) is 7.44. The molecule has 2 amide bonds. The van der Waals surface area contributed by atoms with Crippen LogP contribution in [0.3, 0.4) is 0 Å². The molecule has 1 aromatic rings. The SMILES string of the molecule is COc1cc(C(C)(C)CCCC(=O)N(C)C)c(O)cc1C(C)(C)CCCC(=O)N(C)C. The molecule has 0 aliphatic rings. The summed E-state index contributed by atoms with van der Waals surface area (Å²) in [5.41, 5.74) is 1.21. The quantitative estimate of drug-likeness (QED) is 0.558. The van der Waals surface area contributed by atoms with E-state index in [1.165, 1.54) is 0 Å². The van der Waals surface area contributed by atoms with Crippen LogP contribution in [0, 0.1) is 0 Å². The molecular formula is C25H42N2O4. The number of hydrogen-bond donors (Lipinski definition) is 1. The van der Waals surface area contributed by atoms with Gasteiger partial charge in [-0.25, -0.2) is 0 Å². The minimum absolute atomic E-state index is 0.113. The summed E-state index contributed by atoms with van der Waals surface area (Å²) in [6.45, 7) is 8.39. The number of carbonyl (C=O) groups excluding carboxylic acids is 2. The van der Waals surface area contributed by atoms with Crippen molar-refractivity contribution in [1.82, 2.24) is 9.80 Å². The lowest BCUT2D eigenvalue weighted by atomic mass is 9.75. The Morgan fingerprint density at radius 3 is 1.65 bits per heavy atom. The number of methoxy groups -OCH3 is 1. The van der Waals surface area contributed by atoms with Gasteiger partial charge in [0, 0.05) is 52.2 Å². The van der Waals surface area contributed by atoms with E-state index in [1.807, 2.05) is 12.1 Å². The van der Waals surface area contributed by atoms with Crippen LogP contribution in [0.2, 0.25) is 0 Å². The molecule has 0 saturated carbocycles. The van der Waals surface area contributed by atoms with Gasteiger partial charge in [0.2, 0.25) is 11.8 Å². The Morgan fingerprint density at radius 2 is 1.26 bits per heavy atom. The standard InChI is InChI=1S/C25H42N2O4/c1-24(2,14-10-12-22(29)26(5)6)18-17-21(31-9)19(16-20(18)28)25(3,4)15-11-13-23(30)27(7)8/h16-17,28H,10-15H2,1-9H3. The van der Waals surface area contributed by atoms with Crippen LogP contribution in [-0.2, 0) is 20.4 Å². The Hall–Kier alpha value is -2.24. The molecule has 176 valence electrons. The summed E-state index contributed by atoms with van der Waals surface area (Å²) in [5, 5.41) is 10.9. The Kier molecular flexibility index (Phi) is 9.40. The van der Waals surface area contributed by atoms with Crippen LogP contribution >= 0.6 is 0 Å². The Labute approximate surface area is 188 Å². The number of carbonyl (C=O) groups is 2. The first kappa shape index (κ1) is 26.8. The molecule has 6 nitrogen and oxygen atoms in total. The highest BCUT2D eigenvalue weighted by atomic mass is 16.5. The van der Waals surface area contributed by atoms with Gasteiger partial charge in [-0.15, -0.1) is 0 Å². The minimum atomic E-state index is -0.301. The number of ether oxygens (including phenoxy) is 1. The van der Waals surface area contributed by atoms with Gasteiger partial charge in [-0.1, -0.05) is 27.7 Å². The van der Waals surface area contributed by atoms with Crippen LogP contribution in [0.1, 0.15) is 77.3 Å². The predicted molar refractivity (Wildman–Crippen MR) is 126 cm³/mol. The van der Waals surface area contributed by atoms with E-state index < -0.39 is 0 Å². The van der Waals surface area contributed by atoms with Crippen LogP contribution in [0.4, 0.5) is 0 Å².